The first-order valence-electron chi connectivity index (χ1n) is 12.7. The fraction of sp³-hybridized carbons (Fsp3) is 0.885. The van der Waals surface area contributed by atoms with Crippen LogP contribution in [0.25, 0.3) is 0 Å². The van der Waals surface area contributed by atoms with E-state index >= 15 is 0 Å². The lowest BCUT2D eigenvalue weighted by atomic mass is 9.43. The van der Waals surface area contributed by atoms with Crippen LogP contribution < -0.4 is 0 Å². The van der Waals surface area contributed by atoms with Crippen molar-refractivity contribution in [3.8, 4) is 0 Å². The molecule has 0 aliphatic heterocycles. The summed E-state index contributed by atoms with van der Waals surface area (Å²) in [7, 11) is 0. The Bertz CT molecular complexity index is 723. The lowest BCUT2D eigenvalue weighted by Gasteiger charge is -2.62. The van der Waals surface area contributed by atoms with E-state index in [1.807, 2.05) is 0 Å². The van der Waals surface area contributed by atoms with E-state index in [2.05, 4.69) is 20.8 Å². The van der Waals surface area contributed by atoms with E-state index in [1.54, 1.807) is 0 Å². The van der Waals surface area contributed by atoms with Gasteiger partial charge >= 0.3 is 5.97 Å². The third kappa shape index (κ3) is 3.75. The molecule has 0 radical (unpaired) electrons. The van der Waals surface area contributed by atoms with Crippen molar-refractivity contribution in [2.75, 3.05) is 0 Å². The van der Waals surface area contributed by atoms with Crippen LogP contribution in [0.3, 0.4) is 0 Å². The third-order valence-electron chi connectivity index (χ3n) is 10.7. The van der Waals surface area contributed by atoms with E-state index in [9.17, 15) is 19.5 Å². The Morgan fingerprint density at radius 3 is 2.47 bits per heavy atom. The summed E-state index contributed by atoms with van der Waals surface area (Å²) >= 11 is 0. The number of rotatable bonds is 8. The number of hydrogen-bond donors (Lipinski definition) is 1. The van der Waals surface area contributed by atoms with Gasteiger partial charge in [-0.25, -0.2) is 0 Å². The average Bonchev–Trinajstić information content (AvgIpc) is 3.11. The summed E-state index contributed by atoms with van der Waals surface area (Å²) in [6.07, 6.45) is 9.29. The number of fused-ring (bicyclic) bond motifs is 5. The van der Waals surface area contributed by atoms with Crippen LogP contribution in [-0.2, 0) is 23.9 Å². The Hall–Kier alpha value is -1.59. The topological polar surface area (TPSA) is 89.9 Å². The van der Waals surface area contributed by atoms with Crippen molar-refractivity contribution in [1.29, 1.82) is 0 Å². The molecule has 0 amide bonds. The molecule has 6 heteroatoms. The highest BCUT2D eigenvalue weighted by atomic mass is 16.5. The van der Waals surface area contributed by atoms with E-state index in [4.69, 9.17) is 9.47 Å². The summed E-state index contributed by atoms with van der Waals surface area (Å²) < 4.78 is 11.2. The van der Waals surface area contributed by atoms with Gasteiger partial charge in [0.05, 0.1) is 0 Å². The van der Waals surface area contributed by atoms with Gasteiger partial charge in [-0.2, -0.15) is 0 Å². The summed E-state index contributed by atoms with van der Waals surface area (Å²) in [4.78, 5) is 33.6. The molecule has 0 bridgehead atoms. The van der Waals surface area contributed by atoms with E-state index in [0.29, 0.717) is 54.9 Å². The highest BCUT2D eigenvalue weighted by Crippen LogP contribution is 2.68. The van der Waals surface area contributed by atoms with Gasteiger partial charge in [0.15, 0.2) is 0 Å². The van der Waals surface area contributed by atoms with Crippen molar-refractivity contribution >= 4 is 18.9 Å². The maximum Gasteiger partial charge on any atom is 0.303 e. The van der Waals surface area contributed by atoms with Gasteiger partial charge in [-0.05, 0) is 98.7 Å². The molecule has 0 heterocycles. The lowest BCUT2D eigenvalue weighted by molar-refractivity contribution is -0.190. The van der Waals surface area contributed by atoms with Gasteiger partial charge in [-0.1, -0.05) is 20.8 Å². The van der Waals surface area contributed by atoms with Crippen LogP contribution in [0.5, 0.6) is 0 Å². The second kappa shape index (κ2) is 8.98. The predicted molar refractivity (Wildman–Crippen MR) is 119 cm³/mol. The Morgan fingerprint density at radius 1 is 1.03 bits per heavy atom. The van der Waals surface area contributed by atoms with Crippen molar-refractivity contribution in [2.24, 2.45) is 46.3 Å². The van der Waals surface area contributed by atoms with Crippen molar-refractivity contribution in [1.82, 2.24) is 0 Å². The van der Waals surface area contributed by atoms with E-state index in [-0.39, 0.29) is 29.5 Å². The molecule has 0 unspecified atom stereocenters. The molecule has 0 aromatic rings. The van der Waals surface area contributed by atoms with Crippen molar-refractivity contribution in [3.05, 3.63) is 0 Å². The zero-order chi connectivity index (χ0) is 23.1. The zero-order valence-corrected chi connectivity index (χ0v) is 19.8. The molecule has 0 saturated heterocycles. The fourth-order valence-corrected chi connectivity index (χ4v) is 9.14. The quantitative estimate of drug-likeness (QED) is 0.535. The molecule has 0 aromatic heterocycles. The number of ether oxygens (including phenoxy) is 2. The van der Waals surface area contributed by atoms with Gasteiger partial charge in [0.1, 0.15) is 12.2 Å². The first kappa shape index (κ1) is 23.6. The minimum Gasteiger partial charge on any atom is -0.481 e. The van der Waals surface area contributed by atoms with Crippen LogP contribution in [-0.4, -0.2) is 36.2 Å². The van der Waals surface area contributed by atoms with Gasteiger partial charge in [0, 0.05) is 11.8 Å². The first-order valence-corrected chi connectivity index (χ1v) is 12.7. The molecule has 4 rings (SSSR count). The second-order valence-electron chi connectivity index (χ2n) is 11.7. The number of carbonyl (C=O) groups is 3. The van der Waals surface area contributed by atoms with E-state index in [0.717, 1.165) is 38.5 Å². The molecule has 1 N–H and O–H groups in total. The summed E-state index contributed by atoms with van der Waals surface area (Å²) in [6, 6.07) is 0. The number of carboxylic acids is 1. The highest BCUT2D eigenvalue weighted by molar-refractivity contribution is 5.66. The Balaban J connectivity index is 1.59. The highest BCUT2D eigenvalue weighted by Gasteiger charge is 2.64. The minimum absolute atomic E-state index is 0.0453. The van der Waals surface area contributed by atoms with Crippen molar-refractivity contribution < 1.29 is 29.0 Å². The molecule has 10 atom stereocenters. The van der Waals surface area contributed by atoms with E-state index in [1.165, 1.54) is 12.8 Å². The molecule has 4 aliphatic rings. The zero-order valence-electron chi connectivity index (χ0n) is 19.8. The maximum atomic E-state index is 11.6. The van der Waals surface area contributed by atoms with E-state index < -0.39 is 5.97 Å². The Labute approximate surface area is 191 Å². The summed E-state index contributed by atoms with van der Waals surface area (Å²) in [5.74, 6) is 2.18. The standard InChI is InChI=1S/C26H40O6/c1-16(4-9-24(29)30)20-7-8-21-19-6-5-17-12-18(31-14-27)10-11-25(17,2)22(19)13-23(32-15-28)26(20,21)3/h14-23H,4-13H2,1-3H3,(H,29,30)/t16-,17-,18-,19-,20+,21-,22-,23+,25-,26+/m0/s1. The van der Waals surface area contributed by atoms with Crippen LogP contribution in [0.2, 0.25) is 0 Å². The molecular formula is C26H40O6. The number of carboxylic acid groups (broad SMARTS) is 1. The molecule has 32 heavy (non-hydrogen) atoms. The van der Waals surface area contributed by atoms with Crippen LogP contribution in [0.1, 0.15) is 85.0 Å². The van der Waals surface area contributed by atoms with Crippen LogP contribution in [0.4, 0.5) is 0 Å². The smallest absolute Gasteiger partial charge is 0.303 e. The molecule has 4 fully saturated rings. The predicted octanol–water partition coefficient (Wildman–Crippen LogP) is 4.84. The summed E-state index contributed by atoms with van der Waals surface area (Å²) in [5, 5.41) is 9.18. The normalized spacial score (nSPS) is 46.2. The van der Waals surface area contributed by atoms with Gasteiger partial charge in [-0.15, -0.1) is 0 Å². The minimum atomic E-state index is -0.735. The first-order chi connectivity index (χ1) is 15.3. The molecule has 4 aliphatic carbocycles. The molecule has 0 spiro atoms. The summed E-state index contributed by atoms with van der Waals surface area (Å²) in [6.45, 7) is 8.21. The van der Waals surface area contributed by atoms with Gasteiger partial charge in [-0.3, -0.25) is 14.4 Å². The number of carbonyl (C=O) groups excluding carboxylic acids is 2. The number of hydrogen-bond acceptors (Lipinski definition) is 5. The molecule has 0 aromatic carbocycles. The fourth-order valence-electron chi connectivity index (χ4n) is 9.14. The maximum absolute atomic E-state index is 11.6. The molecular weight excluding hydrogens is 408 g/mol. The molecule has 180 valence electrons. The monoisotopic (exact) mass is 448 g/mol. The Morgan fingerprint density at radius 2 is 1.78 bits per heavy atom. The number of aliphatic carboxylic acids is 1. The van der Waals surface area contributed by atoms with Crippen LogP contribution in [0.15, 0.2) is 0 Å². The Kier molecular flexibility index (Phi) is 6.61. The van der Waals surface area contributed by atoms with Crippen LogP contribution >= 0.6 is 0 Å². The van der Waals surface area contributed by atoms with Gasteiger partial charge in [0.25, 0.3) is 12.9 Å². The van der Waals surface area contributed by atoms with Crippen molar-refractivity contribution in [3.63, 3.8) is 0 Å². The molecule has 4 saturated carbocycles. The third-order valence-corrected chi connectivity index (χ3v) is 10.7. The lowest BCUT2D eigenvalue weighted by Crippen LogP contribution is -2.59. The average molecular weight is 449 g/mol. The van der Waals surface area contributed by atoms with Gasteiger partial charge < -0.3 is 14.6 Å². The summed E-state index contributed by atoms with van der Waals surface area (Å²) in [5.41, 5.74) is 0.117. The molecule has 6 nitrogen and oxygen atoms in total. The largest absolute Gasteiger partial charge is 0.481 e. The van der Waals surface area contributed by atoms with Gasteiger partial charge in [0.2, 0.25) is 0 Å². The van der Waals surface area contributed by atoms with Crippen molar-refractivity contribution in [2.45, 2.75) is 97.2 Å². The SMILES string of the molecule is C[C@@H](CCC(=O)O)[C@H]1CC[C@H]2[C@@H]3CC[C@H]4C[C@@H](OC=O)CC[C@]4(C)[C@H]3C[C@@H](OC=O)[C@]12C. The second-order valence-corrected chi connectivity index (χ2v) is 11.7. The van der Waals surface area contributed by atoms with Crippen LogP contribution in [0, 0.1) is 46.3 Å².